The van der Waals surface area contributed by atoms with Crippen molar-refractivity contribution in [2.24, 2.45) is 0 Å². The Labute approximate surface area is 112 Å². The number of piperazine rings is 1. The van der Waals surface area contributed by atoms with Gasteiger partial charge in [0, 0.05) is 44.3 Å². The van der Waals surface area contributed by atoms with Gasteiger partial charge in [0.25, 0.3) is 5.92 Å². The minimum atomic E-state index is -2.76. The van der Waals surface area contributed by atoms with E-state index < -0.39 is 5.92 Å². The molecule has 3 rings (SSSR count). The summed E-state index contributed by atoms with van der Waals surface area (Å²) < 4.78 is 28.4. The van der Waals surface area contributed by atoms with Crippen LogP contribution in [0.3, 0.4) is 0 Å². The normalized spacial score (nSPS) is 26.2. The molecule has 3 nitrogen and oxygen atoms in total. The first kappa shape index (κ1) is 12.8. The molecule has 1 fully saturated rings. The van der Waals surface area contributed by atoms with Crippen molar-refractivity contribution in [2.75, 3.05) is 24.5 Å². The van der Waals surface area contributed by atoms with Gasteiger partial charge in [-0.05, 0) is 26.0 Å². The van der Waals surface area contributed by atoms with Gasteiger partial charge in [0.2, 0.25) is 0 Å². The third-order valence-corrected chi connectivity index (χ3v) is 4.19. The summed E-state index contributed by atoms with van der Waals surface area (Å²) in [6.07, 6.45) is 1.50. The first-order chi connectivity index (χ1) is 8.99. The molecule has 0 saturated carbocycles. The van der Waals surface area contributed by atoms with Crippen molar-refractivity contribution >= 4 is 5.82 Å². The lowest BCUT2D eigenvalue weighted by Gasteiger charge is -2.48. The molecule has 1 aromatic rings. The second-order valence-electron chi connectivity index (χ2n) is 5.72. The summed E-state index contributed by atoms with van der Waals surface area (Å²) in [5.74, 6) is -2.28. The van der Waals surface area contributed by atoms with E-state index in [9.17, 15) is 8.78 Å². The molecule has 0 amide bonds. The molecule has 5 heteroatoms. The number of nitrogens with zero attached hydrogens (tertiary/aromatic N) is 3. The summed E-state index contributed by atoms with van der Waals surface area (Å²) in [4.78, 5) is 8.53. The average Bonchev–Trinajstić information content (AvgIpc) is 2.37. The van der Waals surface area contributed by atoms with Crippen LogP contribution in [0.25, 0.3) is 0 Å². The summed E-state index contributed by atoms with van der Waals surface area (Å²) in [6, 6.07) is 3.37. The number of fused-ring (bicyclic) bond motifs is 3. The maximum absolute atomic E-state index is 14.2. The molecule has 0 aromatic carbocycles. The van der Waals surface area contributed by atoms with Gasteiger partial charge in [-0.25, -0.2) is 13.8 Å². The van der Waals surface area contributed by atoms with Crippen LogP contribution in [-0.2, 0) is 5.92 Å². The molecule has 2 aliphatic rings. The number of anilines is 1. The van der Waals surface area contributed by atoms with Crippen LogP contribution in [0.1, 0.15) is 25.8 Å². The minimum Gasteiger partial charge on any atom is -0.350 e. The van der Waals surface area contributed by atoms with Crippen LogP contribution in [0.4, 0.5) is 14.6 Å². The van der Waals surface area contributed by atoms with E-state index in [2.05, 4.69) is 28.6 Å². The fourth-order valence-electron chi connectivity index (χ4n) is 3.12. The first-order valence-electron chi connectivity index (χ1n) is 6.83. The van der Waals surface area contributed by atoms with Crippen molar-refractivity contribution in [2.45, 2.75) is 38.3 Å². The summed E-state index contributed by atoms with van der Waals surface area (Å²) in [5, 5.41) is 0. The van der Waals surface area contributed by atoms with E-state index in [0.29, 0.717) is 18.4 Å². The zero-order chi connectivity index (χ0) is 13.6. The fraction of sp³-hybridized carbons (Fsp3) is 0.643. The van der Waals surface area contributed by atoms with E-state index in [-0.39, 0.29) is 18.0 Å². The van der Waals surface area contributed by atoms with Gasteiger partial charge in [0.15, 0.2) is 0 Å². The Morgan fingerprint density at radius 2 is 2.16 bits per heavy atom. The van der Waals surface area contributed by atoms with Crippen molar-refractivity contribution < 1.29 is 8.78 Å². The third kappa shape index (κ3) is 2.10. The van der Waals surface area contributed by atoms with Crippen LogP contribution in [0.5, 0.6) is 0 Å². The van der Waals surface area contributed by atoms with Gasteiger partial charge >= 0.3 is 0 Å². The smallest absolute Gasteiger partial charge is 0.278 e. The van der Waals surface area contributed by atoms with E-state index in [1.54, 1.807) is 12.3 Å². The highest BCUT2D eigenvalue weighted by Crippen LogP contribution is 2.44. The minimum absolute atomic E-state index is 0.0873. The Hall–Kier alpha value is -1.23. The number of alkyl halides is 2. The molecular formula is C14H19F2N3. The Bertz CT molecular complexity index is 476. The first-order valence-corrected chi connectivity index (χ1v) is 6.83. The van der Waals surface area contributed by atoms with E-state index in [4.69, 9.17) is 0 Å². The highest BCUT2D eigenvalue weighted by molar-refractivity contribution is 5.53. The zero-order valence-electron chi connectivity index (χ0n) is 11.3. The summed E-state index contributed by atoms with van der Waals surface area (Å²) in [6.45, 7) is 6.62. The average molecular weight is 267 g/mol. The monoisotopic (exact) mass is 267 g/mol. The Morgan fingerprint density at radius 3 is 2.89 bits per heavy atom. The highest BCUT2D eigenvalue weighted by atomic mass is 19.3. The maximum atomic E-state index is 14.2. The largest absolute Gasteiger partial charge is 0.350 e. The molecule has 3 heterocycles. The molecule has 2 aliphatic heterocycles. The van der Waals surface area contributed by atoms with Crippen LogP contribution in [0.15, 0.2) is 18.3 Å². The van der Waals surface area contributed by atoms with Gasteiger partial charge in [-0.15, -0.1) is 0 Å². The molecule has 19 heavy (non-hydrogen) atoms. The molecule has 0 unspecified atom stereocenters. The van der Waals surface area contributed by atoms with Crippen molar-refractivity contribution in [3.63, 3.8) is 0 Å². The predicted molar refractivity (Wildman–Crippen MR) is 70.6 cm³/mol. The number of rotatable bonds is 1. The lowest BCUT2D eigenvalue weighted by molar-refractivity contribution is -0.0337. The van der Waals surface area contributed by atoms with E-state index in [1.807, 2.05) is 0 Å². The number of hydrogen-bond acceptors (Lipinski definition) is 3. The van der Waals surface area contributed by atoms with Crippen LogP contribution in [0.2, 0.25) is 0 Å². The van der Waals surface area contributed by atoms with Crippen LogP contribution in [-0.4, -0.2) is 41.6 Å². The zero-order valence-corrected chi connectivity index (χ0v) is 11.3. The number of pyridine rings is 1. The highest BCUT2D eigenvalue weighted by Gasteiger charge is 2.47. The SMILES string of the molecule is CC(C)N1CCN2c3ncccc3C(F)(F)C[C@@H]2C1. The summed E-state index contributed by atoms with van der Waals surface area (Å²) in [7, 11) is 0. The molecule has 0 bridgehead atoms. The van der Waals surface area contributed by atoms with E-state index in [0.717, 1.165) is 13.1 Å². The van der Waals surface area contributed by atoms with Gasteiger partial charge in [0.1, 0.15) is 5.82 Å². The molecular weight excluding hydrogens is 248 g/mol. The van der Waals surface area contributed by atoms with Crippen LogP contribution in [0, 0.1) is 0 Å². The number of halogens is 2. The van der Waals surface area contributed by atoms with Crippen LogP contribution < -0.4 is 4.90 Å². The van der Waals surface area contributed by atoms with E-state index in [1.165, 1.54) is 6.07 Å². The second kappa shape index (κ2) is 4.40. The summed E-state index contributed by atoms with van der Waals surface area (Å²) >= 11 is 0. The quantitative estimate of drug-likeness (QED) is 0.779. The maximum Gasteiger partial charge on any atom is 0.278 e. The Balaban J connectivity index is 1.94. The van der Waals surface area contributed by atoms with Gasteiger partial charge in [-0.1, -0.05) is 0 Å². The number of hydrogen-bond donors (Lipinski definition) is 0. The molecule has 0 spiro atoms. The lowest BCUT2D eigenvalue weighted by Crippen LogP contribution is -2.58. The van der Waals surface area contributed by atoms with Gasteiger partial charge in [-0.2, -0.15) is 0 Å². The molecule has 104 valence electrons. The van der Waals surface area contributed by atoms with Crippen molar-refractivity contribution in [1.29, 1.82) is 0 Å². The van der Waals surface area contributed by atoms with Crippen molar-refractivity contribution in [1.82, 2.24) is 9.88 Å². The van der Waals surface area contributed by atoms with Gasteiger partial charge in [-0.3, -0.25) is 4.90 Å². The predicted octanol–water partition coefficient (Wildman–Crippen LogP) is 2.48. The lowest BCUT2D eigenvalue weighted by atomic mass is 9.92. The molecule has 0 N–H and O–H groups in total. The van der Waals surface area contributed by atoms with Gasteiger partial charge in [0.05, 0.1) is 5.56 Å². The molecule has 0 aliphatic carbocycles. The topological polar surface area (TPSA) is 19.4 Å². The Kier molecular flexibility index (Phi) is 2.96. The summed E-state index contributed by atoms with van der Waals surface area (Å²) in [5.41, 5.74) is 0.0873. The molecule has 1 atom stereocenters. The number of aromatic nitrogens is 1. The second-order valence-corrected chi connectivity index (χ2v) is 5.72. The van der Waals surface area contributed by atoms with Gasteiger partial charge < -0.3 is 4.90 Å². The standard InChI is InChI=1S/C14H19F2N3/c1-10(2)18-6-7-19-11(9-18)8-14(15,16)12-4-3-5-17-13(12)19/h3-5,10-11H,6-9H2,1-2H3/t11-/m1/s1. The van der Waals surface area contributed by atoms with Crippen molar-refractivity contribution in [3.05, 3.63) is 23.9 Å². The molecule has 0 radical (unpaired) electrons. The third-order valence-electron chi connectivity index (χ3n) is 4.19. The molecule has 1 saturated heterocycles. The van der Waals surface area contributed by atoms with E-state index >= 15 is 0 Å². The molecule has 1 aromatic heterocycles. The Morgan fingerprint density at radius 1 is 1.37 bits per heavy atom. The van der Waals surface area contributed by atoms with Crippen LogP contribution >= 0.6 is 0 Å². The fourth-order valence-corrected chi connectivity index (χ4v) is 3.12. The van der Waals surface area contributed by atoms with Crippen molar-refractivity contribution in [3.8, 4) is 0 Å².